The van der Waals surface area contributed by atoms with Crippen LogP contribution in [0.5, 0.6) is 0 Å². The predicted molar refractivity (Wildman–Crippen MR) is 84.1 cm³/mol. The summed E-state index contributed by atoms with van der Waals surface area (Å²) < 4.78 is 0. The zero-order valence-electron chi connectivity index (χ0n) is 11.9. The summed E-state index contributed by atoms with van der Waals surface area (Å²) in [5.41, 5.74) is 10.1. The average Bonchev–Trinajstić information content (AvgIpc) is 2.46. The van der Waals surface area contributed by atoms with E-state index in [0.29, 0.717) is 11.6 Å². The molecule has 2 aromatic rings. The number of nitrogens with two attached hydrogens (primary N) is 1. The molecule has 1 atom stereocenters. The molecule has 1 aliphatic heterocycles. The Kier molecular flexibility index (Phi) is 3.29. The number of carbonyl (C=O) groups is 1. The van der Waals surface area contributed by atoms with Gasteiger partial charge in [-0.2, -0.15) is 0 Å². The van der Waals surface area contributed by atoms with Crippen molar-refractivity contribution in [2.24, 2.45) is 5.92 Å². The lowest BCUT2D eigenvalue weighted by atomic mass is 9.93. The molecule has 0 saturated heterocycles. The van der Waals surface area contributed by atoms with Gasteiger partial charge in [0.25, 0.3) is 0 Å². The number of nitrogens with zero attached hydrogens (tertiary/aromatic N) is 1. The van der Waals surface area contributed by atoms with Gasteiger partial charge in [0.05, 0.1) is 16.9 Å². The second-order valence-electron chi connectivity index (χ2n) is 5.63. The first kappa shape index (κ1) is 13.5. The minimum absolute atomic E-state index is 0.259. The molecule has 4 nitrogen and oxygen atoms in total. The van der Waals surface area contributed by atoms with Crippen LogP contribution in [0, 0.1) is 5.92 Å². The van der Waals surface area contributed by atoms with Crippen LogP contribution in [0.1, 0.15) is 22.8 Å². The van der Waals surface area contributed by atoms with E-state index in [4.69, 9.17) is 5.73 Å². The Morgan fingerprint density at radius 2 is 2.00 bits per heavy atom. The van der Waals surface area contributed by atoms with E-state index in [-0.39, 0.29) is 5.56 Å². The first-order valence-electron chi connectivity index (χ1n) is 7.04. The Hall–Kier alpha value is -2.49. The second kappa shape index (κ2) is 5.13. The molecule has 0 aromatic heterocycles. The lowest BCUT2D eigenvalue weighted by molar-refractivity contribution is 0.0697. The lowest BCUT2D eigenvalue weighted by Crippen LogP contribution is -2.31. The van der Waals surface area contributed by atoms with Gasteiger partial charge in [-0.3, -0.25) is 0 Å². The van der Waals surface area contributed by atoms with Gasteiger partial charge in [0.15, 0.2) is 0 Å². The van der Waals surface area contributed by atoms with E-state index in [9.17, 15) is 9.90 Å². The van der Waals surface area contributed by atoms with Gasteiger partial charge in [0, 0.05) is 12.2 Å². The summed E-state index contributed by atoms with van der Waals surface area (Å²) in [5, 5.41) is 9.19. The molecule has 21 heavy (non-hydrogen) atoms. The maximum absolute atomic E-state index is 11.2. The van der Waals surface area contributed by atoms with Crippen LogP contribution in [0.4, 0.5) is 17.1 Å². The number of hydrogen-bond donors (Lipinski definition) is 2. The Bertz CT molecular complexity index is 697. The zero-order valence-corrected chi connectivity index (χ0v) is 11.9. The molecule has 0 bridgehead atoms. The van der Waals surface area contributed by atoms with Gasteiger partial charge in [-0.1, -0.05) is 25.1 Å². The molecule has 108 valence electrons. The highest BCUT2D eigenvalue weighted by Crippen LogP contribution is 2.38. The highest BCUT2D eigenvalue weighted by Gasteiger charge is 2.24. The fraction of sp³-hybridized carbons (Fsp3) is 0.235. The summed E-state index contributed by atoms with van der Waals surface area (Å²) in [6.07, 6.45) is 1.03. The van der Waals surface area contributed by atoms with Gasteiger partial charge in [-0.15, -0.1) is 0 Å². The third kappa shape index (κ3) is 2.44. The van der Waals surface area contributed by atoms with Crippen LogP contribution in [0.2, 0.25) is 0 Å². The second-order valence-corrected chi connectivity index (χ2v) is 5.63. The standard InChI is InChI=1S/C17H18N2O2/c1-11-8-12-4-2-3-5-15(12)19(10-11)16-9-13(17(20)21)6-7-14(16)18/h2-7,9,11H,8,10,18H2,1H3,(H,20,21). The predicted octanol–water partition coefficient (Wildman–Crippen LogP) is 3.30. The number of hydrogen-bond acceptors (Lipinski definition) is 3. The van der Waals surface area contributed by atoms with Crippen molar-refractivity contribution in [2.75, 3.05) is 17.2 Å². The minimum Gasteiger partial charge on any atom is -0.478 e. The molecule has 3 N–H and O–H groups in total. The van der Waals surface area contributed by atoms with E-state index in [0.717, 1.165) is 24.3 Å². The molecule has 1 heterocycles. The Balaban J connectivity index is 2.12. The summed E-state index contributed by atoms with van der Waals surface area (Å²) in [6, 6.07) is 13.1. The average molecular weight is 282 g/mol. The molecule has 1 unspecified atom stereocenters. The zero-order chi connectivity index (χ0) is 15.0. The molecule has 0 aliphatic carbocycles. The van der Waals surface area contributed by atoms with Crippen molar-refractivity contribution in [2.45, 2.75) is 13.3 Å². The number of rotatable bonds is 2. The molecule has 2 aromatic carbocycles. The topological polar surface area (TPSA) is 66.6 Å². The summed E-state index contributed by atoms with van der Waals surface area (Å²) in [7, 11) is 0. The Morgan fingerprint density at radius 1 is 1.24 bits per heavy atom. The van der Waals surface area contributed by atoms with Crippen molar-refractivity contribution in [1.82, 2.24) is 0 Å². The molecular weight excluding hydrogens is 264 g/mol. The van der Waals surface area contributed by atoms with Gasteiger partial charge < -0.3 is 15.7 Å². The molecule has 4 heteroatoms. The van der Waals surface area contributed by atoms with Gasteiger partial charge in [-0.05, 0) is 42.2 Å². The highest BCUT2D eigenvalue weighted by molar-refractivity contribution is 5.91. The molecule has 0 saturated carbocycles. The van der Waals surface area contributed by atoms with Gasteiger partial charge in [0.2, 0.25) is 0 Å². The maximum atomic E-state index is 11.2. The minimum atomic E-state index is -0.936. The monoisotopic (exact) mass is 282 g/mol. The van der Waals surface area contributed by atoms with E-state index in [1.807, 2.05) is 12.1 Å². The highest BCUT2D eigenvalue weighted by atomic mass is 16.4. The lowest BCUT2D eigenvalue weighted by Gasteiger charge is -2.35. The van der Waals surface area contributed by atoms with E-state index in [1.165, 1.54) is 5.56 Å². The van der Waals surface area contributed by atoms with Gasteiger partial charge in [0.1, 0.15) is 0 Å². The smallest absolute Gasteiger partial charge is 0.335 e. The Labute approximate surface area is 123 Å². The number of nitrogen functional groups attached to an aromatic ring is 1. The molecule has 3 rings (SSSR count). The normalized spacial score (nSPS) is 17.4. The van der Waals surface area contributed by atoms with Crippen LogP contribution in [0.3, 0.4) is 0 Å². The SMILES string of the molecule is CC1Cc2ccccc2N(c2cc(C(=O)O)ccc2N)C1. The van der Waals surface area contributed by atoms with Crippen molar-refractivity contribution in [1.29, 1.82) is 0 Å². The third-order valence-electron chi connectivity index (χ3n) is 3.91. The summed E-state index contributed by atoms with van der Waals surface area (Å²) in [6.45, 7) is 3.03. The van der Waals surface area contributed by atoms with Crippen molar-refractivity contribution in [3.63, 3.8) is 0 Å². The number of aromatic carboxylic acids is 1. The third-order valence-corrected chi connectivity index (χ3v) is 3.91. The molecule has 1 aliphatic rings. The van der Waals surface area contributed by atoms with Crippen molar-refractivity contribution < 1.29 is 9.90 Å². The largest absolute Gasteiger partial charge is 0.478 e. The van der Waals surface area contributed by atoms with Crippen LogP contribution in [-0.4, -0.2) is 17.6 Å². The van der Waals surface area contributed by atoms with E-state index in [1.54, 1.807) is 18.2 Å². The molecule has 0 radical (unpaired) electrons. The first-order chi connectivity index (χ1) is 10.1. The molecular formula is C17H18N2O2. The van der Waals surface area contributed by atoms with Crippen LogP contribution in [-0.2, 0) is 6.42 Å². The van der Waals surface area contributed by atoms with Gasteiger partial charge in [-0.25, -0.2) is 4.79 Å². The van der Waals surface area contributed by atoms with E-state index in [2.05, 4.69) is 24.0 Å². The van der Waals surface area contributed by atoms with Crippen molar-refractivity contribution >= 4 is 23.0 Å². The maximum Gasteiger partial charge on any atom is 0.335 e. The fourth-order valence-electron chi connectivity index (χ4n) is 2.94. The van der Waals surface area contributed by atoms with Crippen LogP contribution >= 0.6 is 0 Å². The van der Waals surface area contributed by atoms with Crippen LogP contribution in [0.25, 0.3) is 0 Å². The molecule has 0 spiro atoms. The summed E-state index contributed by atoms with van der Waals surface area (Å²) >= 11 is 0. The van der Waals surface area contributed by atoms with E-state index < -0.39 is 5.97 Å². The van der Waals surface area contributed by atoms with E-state index >= 15 is 0 Å². The quantitative estimate of drug-likeness (QED) is 0.829. The summed E-state index contributed by atoms with van der Waals surface area (Å²) in [5.74, 6) is -0.442. The summed E-state index contributed by atoms with van der Waals surface area (Å²) in [4.78, 5) is 13.3. The number of fused-ring (bicyclic) bond motifs is 1. The van der Waals surface area contributed by atoms with Gasteiger partial charge >= 0.3 is 5.97 Å². The Morgan fingerprint density at radius 3 is 2.76 bits per heavy atom. The van der Waals surface area contributed by atoms with Crippen molar-refractivity contribution in [3.05, 3.63) is 53.6 Å². The molecule has 0 amide bonds. The van der Waals surface area contributed by atoms with Crippen LogP contribution < -0.4 is 10.6 Å². The number of anilines is 3. The number of benzene rings is 2. The van der Waals surface area contributed by atoms with Crippen molar-refractivity contribution in [3.8, 4) is 0 Å². The molecule has 0 fully saturated rings. The van der Waals surface area contributed by atoms with Crippen LogP contribution in [0.15, 0.2) is 42.5 Å². The first-order valence-corrected chi connectivity index (χ1v) is 7.04. The fourth-order valence-corrected chi connectivity index (χ4v) is 2.94. The number of para-hydroxylation sites is 1. The number of carboxylic acid groups (broad SMARTS) is 1. The number of carboxylic acids is 1.